The molecule has 202 valence electrons. The van der Waals surface area contributed by atoms with Gasteiger partial charge in [-0.1, -0.05) is 41.6 Å². The number of nitrogens with one attached hydrogen (secondary N) is 1. The minimum atomic E-state index is -0.968. The smallest absolute Gasteiger partial charge is 0.247 e. The molecular formula is C29H30FN5O4. The SMILES string of the molecule is COc1ccc([C@H](C(=O)NC[C@H]2CCCO2)N(Cc2ccc(F)cc2)C(=O)Cn2nnc3ccccc32)cc1. The first-order chi connectivity index (χ1) is 19.0. The molecule has 1 aliphatic rings. The number of carbonyl (C=O) groups excluding carboxylic acids is 2. The largest absolute Gasteiger partial charge is 0.497 e. The predicted octanol–water partition coefficient (Wildman–Crippen LogP) is 3.64. The lowest BCUT2D eigenvalue weighted by Crippen LogP contribution is -2.46. The van der Waals surface area contributed by atoms with Crippen molar-refractivity contribution in [3.8, 4) is 5.75 Å². The second-order valence-corrected chi connectivity index (χ2v) is 9.44. The molecular weight excluding hydrogens is 501 g/mol. The molecule has 0 bridgehead atoms. The summed E-state index contributed by atoms with van der Waals surface area (Å²) in [4.78, 5) is 29.2. The molecule has 9 nitrogen and oxygen atoms in total. The molecule has 1 aliphatic heterocycles. The maximum Gasteiger partial charge on any atom is 0.247 e. The number of hydrogen-bond acceptors (Lipinski definition) is 6. The van der Waals surface area contributed by atoms with Crippen molar-refractivity contribution in [3.63, 3.8) is 0 Å². The van der Waals surface area contributed by atoms with Crippen molar-refractivity contribution in [3.05, 3.63) is 89.7 Å². The van der Waals surface area contributed by atoms with Gasteiger partial charge in [-0.3, -0.25) is 9.59 Å². The van der Waals surface area contributed by atoms with Crippen molar-refractivity contribution in [1.29, 1.82) is 0 Å². The molecule has 2 amide bonds. The van der Waals surface area contributed by atoms with Gasteiger partial charge in [0.05, 0.1) is 18.7 Å². The Balaban J connectivity index is 1.49. The van der Waals surface area contributed by atoms with E-state index in [-0.39, 0.29) is 36.8 Å². The van der Waals surface area contributed by atoms with Gasteiger partial charge in [0.25, 0.3) is 0 Å². The summed E-state index contributed by atoms with van der Waals surface area (Å²) in [5.41, 5.74) is 2.66. The van der Waals surface area contributed by atoms with Gasteiger partial charge in [-0.05, 0) is 60.4 Å². The monoisotopic (exact) mass is 531 g/mol. The molecule has 1 aromatic heterocycles. The van der Waals surface area contributed by atoms with Crippen LogP contribution < -0.4 is 10.1 Å². The number of nitrogens with zero attached hydrogens (tertiary/aromatic N) is 4. The van der Waals surface area contributed by atoms with Crippen LogP contribution in [0.1, 0.15) is 30.0 Å². The number of aromatic nitrogens is 3. The number of methoxy groups -OCH3 is 1. The van der Waals surface area contributed by atoms with Gasteiger partial charge < -0.3 is 19.7 Å². The van der Waals surface area contributed by atoms with Crippen LogP contribution >= 0.6 is 0 Å². The maximum atomic E-state index is 14.0. The summed E-state index contributed by atoms with van der Waals surface area (Å²) in [7, 11) is 1.56. The number of carbonyl (C=O) groups is 2. The minimum absolute atomic E-state index is 0.0618. The number of fused-ring (bicyclic) bond motifs is 1. The quantitative estimate of drug-likeness (QED) is 0.336. The van der Waals surface area contributed by atoms with Crippen molar-refractivity contribution in [2.24, 2.45) is 0 Å². The molecule has 2 heterocycles. The van der Waals surface area contributed by atoms with E-state index < -0.39 is 6.04 Å². The molecule has 0 spiro atoms. The summed E-state index contributed by atoms with van der Waals surface area (Å²) < 4.78 is 26.2. The number of hydrogen-bond donors (Lipinski definition) is 1. The van der Waals surface area contributed by atoms with Crippen molar-refractivity contribution in [2.75, 3.05) is 20.3 Å². The van der Waals surface area contributed by atoms with Crippen molar-refractivity contribution >= 4 is 22.8 Å². The van der Waals surface area contributed by atoms with E-state index >= 15 is 0 Å². The van der Waals surface area contributed by atoms with Gasteiger partial charge in [-0.25, -0.2) is 9.07 Å². The average molecular weight is 532 g/mol. The van der Waals surface area contributed by atoms with Crippen molar-refractivity contribution < 1.29 is 23.5 Å². The third kappa shape index (κ3) is 6.23. The summed E-state index contributed by atoms with van der Waals surface area (Å²) in [6, 6.07) is 19.3. The molecule has 4 aromatic rings. The Hall–Kier alpha value is -4.31. The normalized spacial score (nSPS) is 15.7. The van der Waals surface area contributed by atoms with E-state index in [9.17, 15) is 14.0 Å². The predicted molar refractivity (Wildman–Crippen MR) is 142 cm³/mol. The molecule has 3 aromatic carbocycles. The third-order valence-electron chi connectivity index (χ3n) is 6.81. The number of rotatable bonds is 10. The zero-order chi connectivity index (χ0) is 27.2. The highest BCUT2D eigenvalue weighted by Gasteiger charge is 2.33. The van der Waals surface area contributed by atoms with Crippen molar-refractivity contribution in [2.45, 2.75) is 38.1 Å². The molecule has 2 atom stereocenters. The van der Waals surface area contributed by atoms with Crippen LogP contribution in [0.15, 0.2) is 72.8 Å². The van der Waals surface area contributed by atoms with Crippen LogP contribution in [0, 0.1) is 5.82 Å². The molecule has 0 saturated carbocycles. The standard InChI is InChI=1S/C29H30FN5O4/c1-38-23-14-10-21(11-15-23)28(29(37)31-17-24-5-4-16-39-24)34(18-20-8-12-22(30)13-9-20)27(36)19-35-26-7-3-2-6-25(26)32-33-35/h2-3,6-15,24,28H,4-5,16-19H2,1H3,(H,31,37)/t24-,28-/m1/s1. The van der Waals surface area contributed by atoms with Crippen LogP contribution in [-0.2, 0) is 27.4 Å². The number of halogens is 1. The lowest BCUT2D eigenvalue weighted by Gasteiger charge is -2.32. The fourth-order valence-electron chi connectivity index (χ4n) is 4.74. The van der Waals surface area contributed by atoms with Crippen LogP contribution in [0.2, 0.25) is 0 Å². The lowest BCUT2D eigenvalue weighted by molar-refractivity contribution is -0.142. The summed E-state index contributed by atoms with van der Waals surface area (Å²) in [5, 5.41) is 11.3. The molecule has 5 rings (SSSR count). The zero-order valence-corrected chi connectivity index (χ0v) is 21.6. The minimum Gasteiger partial charge on any atom is -0.497 e. The summed E-state index contributed by atoms with van der Waals surface area (Å²) in [6.45, 7) is 0.963. The maximum absolute atomic E-state index is 14.0. The van der Waals surface area contributed by atoms with Gasteiger partial charge in [0.2, 0.25) is 11.8 Å². The number of amides is 2. The molecule has 10 heteroatoms. The fourth-order valence-corrected chi connectivity index (χ4v) is 4.74. The van der Waals surface area contributed by atoms with Crippen molar-refractivity contribution in [1.82, 2.24) is 25.2 Å². The molecule has 1 N–H and O–H groups in total. The van der Waals surface area contributed by atoms with Gasteiger partial charge in [-0.15, -0.1) is 5.10 Å². The van der Waals surface area contributed by atoms with Crippen LogP contribution in [0.4, 0.5) is 4.39 Å². The molecule has 0 unspecified atom stereocenters. The highest BCUT2D eigenvalue weighted by Crippen LogP contribution is 2.27. The van der Waals surface area contributed by atoms with Crippen LogP contribution in [-0.4, -0.2) is 58.1 Å². The van der Waals surface area contributed by atoms with E-state index in [0.717, 1.165) is 12.8 Å². The van der Waals surface area contributed by atoms with Crippen LogP contribution in [0.3, 0.4) is 0 Å². The first kappa shape index (κ1) is 26.3. The van der Waals surface area contributed by atoms with Gasteiger partial charge in [0, 0.05) is 19.7 Å². The molecule has 39 heavy (non-hydrogen) atoms. The Kier molecular flexibility index (Phi) is 8.12. The fraction of sp³-hybridized carbons (Fsp3) is 0.310. The van der Waals surface area contributed by atoms with E-state index in [2.05, 4.69) is 15.6 Å². The Bertz CT molecular complexity index is 1420. The Morgan fingerprint density at radius 2 is 1.90 bits per heavy atom. The highest BCUT2D eigenvalue weighted by atomic mass is 19.1. The first-order valence-corrected chi connectivity index (χ1v) is 12.9. The number of benzene rings is 3. The molecule has 1 fully saturated rings. The van der Waals surface area contributed by atoms with Crippen LogP contribution in [0.5, 0.6) is 5.75 Å². The van der Waals surface area contributed by atoms with Crippen LogP contribution in [0.25, 0.3) is 11.0 Å². The summed E-state index contributed by atoms with van der Waals surface area (Å²) in [5.74, 6) is -0.438. The molecule has 1 saturated heterocycles. The molecule has 0 aliphatic carbocycles. The topological polar surface area (TPSA) is 98.6 Å². The Morgan fingerprint density at radius 3 is 2.62 bits per heavy atom. The van der Waals surface area contributed by atoms with E-state index in [1.54, 1.807) is 43.5 Å². The van der Waals surface area contributed by atoms with E-state index in [4.69, 9.17) is 9.47 Å². The lowest BCUT2D eigenvalue weighted by atomic mass is 10.0. The zero-order valence-electron chi connectivity index (χ0n) is 21.6. The van der Waals surface area contributed by atoms with Gasteiger partial charge in [0.1, 0.15) is 29.7 Å². The second kappa shape index (κ2) is 12.0. The average Bonchev–Trinajstić information content (AvgIpc) is 3.63. The Labute approximate surface area is 225 Å². The Morgan fingerprint density at radius 1 is 1.13 bits per heavy atom. The molecule has 0 radical (unpaired) electrons. The van der Waals surface area contributed by atoms with E-state index in [0.29, 0.717) is 41.1 Å². The highest BCUT2D eigenvalue weighted by molar-refractivity contribution is 5.89. The van der Waals surface area contributed by atoms with Gasteiger partial charge in [-0.2, -0.15) is 0 Å². The summed E-state index contributed by atoms with van der Waals surface area (Å²) >= 11 is 0. The number of para-hydroxylation sites is 1. The first-order valence-electron chi connectivity index (χ1n) is 12.9. The second-order valence-electron chi connectivity index (χ2n) is 9.44. The number of ether oxygens (including phenoxy) is 2. The van der Waals surface area contributed by atoms with E-state index in [1.165, 1.54) is 21.7 Å². The van der Waals surface area contributed by atoms with E-state index in [1.807, 2.05) is 24.3 Å². The van der Waals surface area contributed by atoms with Gasteiger partial charge >= 0.3 is 0 Å². The third-order valence-corrected chi connectivity index (χ3v) is 6.81. The van der Waals surface area contributed by atoms with Gasteiger partial charge in [0.15, 0.2) is 0 Å². The summed E-state index contributed by atoms with van der Waals surface area (Å²) in [6.07, 6.45) is 1.75.